The zero-order chi connectivity index (χ0) is 15.2. The molecule has 0 saturated carbocycles. The van der Waals surface area contributed by atoms with Crippen LogP contribution in [0.3, 0.4) is 0 Å². The Labute approximate surface area is 120 Å². The summed E-state index contributed by atoms with van der Waals surface area (Å²) in [6.45, 7) is 2.38. The second kappa shape index (κ2) is 7.14. The van der Waals surface area contributed by atoms with E-state index in [9.17, 15) is 4.79 Å². The highest BCUT2D eigenvalue weighted by Gasteiger charge is 2.26. The van der Waals surface area contributed by atoms with Crippen molar-refractivity contribution in [3.63, 3.8) is 0 Å². The van der Waals surface area contributed by atoms with Gasteiger partial charge >= 0.3 is 5.97 Å². The number of methoxy groups -OCH3 is 1. The van der Waals surface area contributed by atoms with E-state index in [-0.39, 0.29) is 0 Å². The number of ether oxygens (including phenoxy) is 1. The fraction of sp³-hybridized carbons (Fsp3) is 0.533. The highest BCUT2D eigenvalue weighted by molar-refractivity contribution is 5.77. The molecular weight excluding hydrogens is 256 g/mol. The molecule has 1 rings (SSSR count). The molecule has 0 saturated heterocycles. The molecule has 3 N–H and O–H groups in total. The third kappa shape index (κ3) is 4.42. The maximum absolute atomic E-state index is 10.9. The van der Waals surface area contributed by atoms with Crippen molar-refractivity contribution >= 4 is 11.7 Å². The number of rotatable bonds is 8. The first kappa shape index (κ1) is 16.3. The van der Waals surface area contributed by atoms with Gasteiger partial charge in [-0.15, -0.1) is 0 Å². The highest BCUT2D eigenvalue weighted by atomic mass is 16.5. The van der Waals surface area contributed by atoms with Gasteiger partial charge in [-0.25, -0.2) is 0 Å². The van der Waals surface area contributed by atoms with Crippen molar-refractivity contribution in [1.82, 2.24) is 0 Å². The first-order chi connectivity index (χ1) is 9.38. The first-order valence-corrected chi connectivity index (χ1v) is 6.75. The number of hydrogen-bond acceptors (Lipinski definition) is 4. The van der Waals surface area contributed by atoms with Gasteiger partial charge in [0.15, 0.2) is 0 Å². The molecule has 0 amide bonds. The second-order valence-electron chi connectivity index (χ2n) is 5.27. The minimum atomic E-state index is -1.14. The van der Waals surface area contributed by atoms with E-state index in [2.05, 4.69) is 4.90 Å². The van der Waals surface area contributed by atoms with Gasteiger partial charge in [0.25, 0.3) is 0 Å². The zero-order valence-electron chi connectivity index (χ0n) is 12.4. The van der Waals surface area contributed by atoms with Gasteiger partial charge in [0, 0.05) is 13.6 Å². The van der Waals surface area contributed by atoms with Crippen molar-refractivity contribution in [3.8, 4) is 5.75 Å². The number of carboxylic acids is 1. The van der Waals surface area contributed by atoms with Crippen LogP contribution in [0.15, 0.2) is 24.3 Å². The minimum absolute atomic E-state index is 0.474. The molecule has 0 aliphatic rings. The Morgan fingerprint density at radius 1 is 1.40 bits per heavy atom. The maximum Gasteiger partial charge on any atom is 0.323 e. The van der Waals surface area contributed by atoms with Crippen LogP contribution in [0.2, 0.25) is 0 Å². The number of nitrogens with two attached hydrogens (primary N) is 1. The Balaban J connectivity index is 2.44. The van der Waals surface area contributed by atoms with Crippen LogP contribution >= 0.6 is 0 Å². The molecule has 0 fully saturated rings. The van der Waals surface area contributed by atoms with Crippen molar-refractivity contribution in [2.75, 3.05) is 25.6 Å². The van der Waals surface area contributed by atoms with E-state index in [1.165, 1.54) is 0 Å². The van der Waals surface area contributed by atoms with E-state index in [0.29, 0.717) is 6.42 Å². The lowest BCUT2D eigenvalue weighted by Gasteiger charge is -2.23. The van der Waals surface area contributed by atoms with Gasteiger partial charge in [0.1, 0.15) is 11.3 Å². The van der Waals surface area contributed by atoms with Gasteiger partial charge in [-0.2, -0.15) is 0 Å². The summed E-state index contributed by atoms with van der Waals surface area (Å²) in [6, 6.07) is 7.83. The predicted molar refractivity (Wildman–Crippen MR) is 80.3 cm³/mol. The Morgan fingerprint density at radius 3 is 2.65 bits per heavy atom. The van der Waals surface area contributed by atoms with Crippen molar-refractivity contribution in [1.29, 1.82) is 0 Å². The van der Waals surface area contributed by atoms with Crippen LogP contribution in [0.4, 0.5) is 5.69 Å². The Bertz CT molecular complexity index is 446. The number of benzene rings is 1. The van der Waals surface area contributed by atoms with Crippen molar-refractivity contribution in [2.24, 2.45) is 5.73 Å². The first-order valence-electron chi connectivity index (χ1n) is 6.75. The van der Waals surface area contributed by atoms with Gasteiger partial charge < -0.3 is 20.5 Å². The van der Waals surface area contributed by atoms with E-state index in [1.807, 2.05) is 31.3 Å². The number of unbranched alkanes of at least 4 members (excludes halogenated alkanes) is 1. The van der Waals surface area contributed by atoms with E-state index >= 15 is 0 Å². The van der Waals surface area contributed by atoms with Crippen LogP contribution < -0.4 is 15.4 Å². The largest absolute Gasteiger partial charge is 0.495 e. The van der Waals surface area contributed by atoms with Crippen molar-refractivity contribution < 1.29 is 14.6 Å². The predicted octanol–water partition coefficient (Wildman–Crippen LogP) is 2.10. The molecule has 20 heavy (non-hydrogen) atoms. The topological polar surface area (TPSA) is 75.8 Å². The van der Waals surface area contributed by atoms with Gasteiger partial charge in [0.2, 0.25) is 0 Å². The third-order valence-corrected chi connectivity index (χ3v) is 3.42. The summed E-state index contributed by atoms with van der Waals surface area (Å²) in [4.78, 5) is 13.0. The van der Waals surface area contributed by atoms with Crippen molar-refractivity contribution in [2.45, 2.75) is 31.7 Å². The fourth-order valence-electron chi connectivity index (χ4n) is 2.01. The standard InChI is InChI=1S/C15H24N2O3/c1-15(16,14(18)19)10-6-7-11-17(2)12-8-4-5-9-13(12)20-3/h4-5,8-9H,6-7,10-11,16H2,1-3H3,(H,18,19). The van der Waals surface area contributed by atoms with Crippen LogP contribution in [0.1, 0.15) is 26.2 Å². The molecule has 1 aromatic rings. The lowest BCUT2D eigenvalue weighted by molar-refractivity contribution is -0.142. The monoisotopic (exact) mass is 280 g/mol. The number of nitrogens with zero attached hydrogens (tertiary/aromatic N) is 1. The molecule has 5 heteroatoms. The molecule has 0 aliphatic heterocycles. The van der Waals surface area contributed by atoms with Gasteiger partial charge in [-0.05, 0) is 38.3 Å². The van der Waals surface area contributed by atoms with E-state index < -0.39 is 11.5 Å². The summed E-state index contributed by atoms with van der Waals surface area (Å²) in [7, 11) is 3.65. The maximum atomic E-state index is 10.9. The number of carboxylic acid groups (broad SMARTS) is 1. The molecule has 1 unspecified atom stereocenters. The number of aliphatic carboxylic acids is 1. The normalized spacial score (nSPS) is 13.6. The number of para-hydroxylation sites is 2. The summed E-state index contributed by atoms with van der Waals surface area (Å²) >= 11 is 0. The van der Waals surface area contributed by atoms with Gasteiger partial charge in [-0.3, -0.25) is 4.79 Å². The molecule has 0 bridgehead atoms. The van der Waals surface area contributed by atoms with E-state index in [4.69, 9.17) is 15.6 Å². The van der Waals surface area contributed by atoms with Crippen LogP contribution in [0.25, 0.3) is 0 Å². The molecule has 0 heterocycles. The summed E-state index contributed by atoms with van der Waals surface area (Å²) in [6.07, 6.45) is 2.13. The summed E-state index contributed by atoms with van der Waals surface area (Å²) in [5, 5.41) is 8.94. The average molecular weight is 280 g/mol. The number of carbonyl (C=O) groups is 1. The Hall–Kier alpha value is -1.75. The smallest absolute Gasteiger partial charge is 0.323 e. The molecule has 112 valence electrons. The lowest BCUT2D eigenvalue weighted by atomic mass is 9.96. The minimum Gasteiger partial charge on any atom is -0.495 e. The average Bonchev–Trinajstić information content (AvgIpc) is 2.43. The quantitative estimate of drug-likeness (QED) is 0.713. The van der Waals surface area contributed by atoms with E-state index in [0.717, 1.165) is 30.8 Å². The molecular formula is C15H24N2O3. The molecule has 0 radical (unpaired) electrons. The van der Waals surface area contributed by atoms with Crippen LogP contribution in [0.5, 0.6) is 5.75 Å². The summed E-state index contributed by atoms with van der Waals surface area (Å²) in [5.41, 5.74) is 5.60. The SMILES string of the molecule is COc1ccccc1N(C)CCCCC(C)(N)C(=O)O. The molecule has 0 aromatic heterocycles. The van der Waals surface area contributed by atoms with Crippen molar-refractivity contribution in [3.05, 3.63) is 24.3 Å². The molecule has 1 atom stereocenters. The molecule has 0 spiro atoms. The summed E-state index contributed by atoms with van der Waals surface area (Å²) in [5.74, 6) is -0.111. The van der Waals surface area contributed by atoms with Crippen LogP contribution in [-0.2, 0) is 4.79 Å². The molecule has 0 aliphatic carbocycles. The summed E-state index contributed by atoms with van der Waals surface area (Å²) < 4.78 is 5.32. The number of anilines is 1. The molecule has 1 aromatic carbocycles. The Kier molecular flexibility index (Phi) is 5.82. The zero-order valence-corrected chi connectivity index (χ0v) is 12.4. The van der Waals surface area contributed by atoms with Gasteiger partial charge in [0.05, 0.1) is 12.8 Å². The Morgan fingerprint density at radius 2 is 2.05 bits per heavy atom. The van der Waals surface area contributed by atoms with E-state index in [1.54, 1.807) is 14.0 Å². The second-order valence-corrected chi connectivity index (χ2v) is 5.27. The van der Waals surface area contributed by atoms with Crippen LogP contribution in [0, 0.1) is 0 Å². The number of hydrogen-bond donors (Lipinski definition) is 2. The fourth-order valence-corrected chi connectivity index (χ4v) is 2.01. The van der Waals surface area contributed by atoms with Crippen LogP contribution in [-0.4, -0.2) is 37.3 Å². The third-order valence-electron chi connectivity index (χ3n) is 3.42. The van der Waals surface area contributed by atoms with Gasteiger partial charge in [-0.1, -0.05) is 12.1 Å². The highest BCUT2D eigenvalue weighted by Crippen LogP contribution is 2.26. The lowest BCUT2D eigenvalue weighted by Crippen LogP contribution is -2.44. The molecule has 5 nitrogen and oxygen atoms in total.